The van der Waals surface area contributed by atoms with Crippen molar-refractivity contribution < 1.29 is 8.42 Å². The molecule has 4 nitrogen and oxygen atoms in total. The van der Waals surface area contributed by atoms with Crippen LogP contribution < -0.4 is 4.72 Å². The summed E-state index contributed by atoms with van der Waals surface area (Å²) in [5.41, 5.74) is 0. The second-order valence-electron chi connectivity index (χ2n) is 1.55. The summed E-state index contributed by atoms with van der Waals surface area (Å²) in [7, 11) is -3.09. The van der Waals surface area contributed by atoms with Gasteiger partial charge in [0.15, 0.2) is 0 Å². The van der Waals surface area contributed by atoms with E-state index in [1.807, 2.05) is 0 Å². The van der Waals surface area contributed by atoms with E-state index >= 15 is 0 Å². The van der Waals surface area contributed by atoms with Crippen LogP contribution in [0.3, 0.4) is 0 Å². The van der Waals surface area contributed by atoms with E-state index in [0.29, 0.717) is 0 Å². The first kappa shape index (κ1) is 8.40. The molecule has 0 aromatic carbocycles. The third-order valence-corrected chi connectivity index (χ3v) is 1.32. The Morgan fingerprint density at radius 1 is 1.67 bits per heavy atom. The van der Waals surface area contributed by atoms with E-state index < -0.39 is 10.0 Å². The molecule has 0 spiro atoms. The van der Waals surface area contributed by atoms with Crippen molar-refractivity contribution in [2.45, 2.75) is 0 Å². The SMILES string of the molecule is [C-]#[N+]CCNS(C)(=O)=O. The minimum absolute atomic E-state index is 0.201. The molecular formula is C4H8N2O2S. The molecule has 0 aliphatic heterocycles. The number of nitrogens with zero attached hydrogens (tertiary/aromatic N) is 1. The van der Waals surface area contributed by atoms with Crippen LogP contribution in [0.1, 0.15) is 0 Å². The lowest BCUT2D eigenvalue weighted by Crippen LogP contribution is -2.24. The molecule has 0 heterocycles. The topological polar surface area (TPSA) is 50.5 Å². The highest BCUT2D eigenvalue weighted by atomic mass is 32.2. The van der Waals surface area contributed by atoms with Crippen LogP contribution in [0.4, 0.5) is 0 Å². The van der Waals surface area contributed by atoms with Gasteiger partial charge in [0.1, 0.15) is 0 Å². The molecule has 0 bridgehead atoms. The molecule has 0 fully saturated rings. The fourth-order valence-corrected chi connectivity index (χ4v) is 0.749. The molecule has 0 saturated heterocycles. The molecule has 0 aliphatic carbocycles. The summed E-state index contributed by atoms with van der Waals surface area (Å²) in [6.07, 6.45) is 1.07. The van der Waals surface area contributed by atoms with Crippen molar-refractivity contribution in [3.63, 3.8) is 0 Å². The zero-order valence-corrected chi connectivity index (χ0v) is 5.90. The Bertz CT molecular complexity index is 201. The Balaban J connectivity index is 3.44. The average molecular weight is 148 g/mol. The third-order valence-electron chi connectivity index (χ3n) is 0.588. The van der Waals surface area contributed by atoms with Crippen LogP contribution in [-0.2, 0) is 10.0 Å². The number of sulfonamides is 1. The van der Waals surface area contributed by atoms with Crippen LogP contribution in [0.25, 0.3) is 4.85 Å². The van der Waals surface area contributed by atoms with E-state index in [2.05, 4.69) is 9.57 Å². The molecule has 0 unspecified atom stereocenters. The highest BCUT2D eigenvalue weighted by molar-refractivity contribution is 7.88. The lowest BCUT2D eigenvalue weighted by molar-refractivity contribution is 0.589. The van der Waals surface area contributed by atoms with E-state index in [-0.39, 0.29) is 13.1 Å². The first-order valence-electron chi connectivity index (χ1n) is 2.34. The first-order valence-corrected chi connectivity index (χ1v) is 4.23. The van der Waals surface area contributed by atoms with E-state index in [9.17, 15) is 8.42 Å². The van der Waals surface area contributed by atoms with E-state index in [1.54, 1.807) is 0 Å². The monoisotopic (exact) mass is 148 g/mol. The summed E-state index contributed by atoms with van der Waals surface area (Å²) in [4.78, 5) is 2.96. The summed E-state index contributed by atoms with van der Waals surface area (Å²) >= 11 is 0. The quantitative estimate of drug-likeness (QED) is 0.431. The third kappa shape index (κ3) is 7.40. The van der Waals surface area contributed by atoms with Gasteiger partial charge in [-0.3, -0.25) is 0 Å². The largest absolute Gasteiger partial charge is 0.315 e. The number of nitrogens with one attached hydrogen (secondary N) is 1. The summed E-state index contributed by atoms with van der Waals surface area (Å²) < 4.78 is 22.8. The second-order valence-corrected chi connectivity index (χ2v) is 3.38. The van der Waals surface area contributed by atoms with Crippen molar-refractivity contribution in [2.75, 3.05) is 19.3 Å². The van der Waals surface area contributed by atoms with Gasteiger partial charge in [0.25, 0.3) is 0 Å². The molecule has 0 saturated carbocycles. The maximum Gasteiger partial charge on any atom is 0.228 e. The van der Waals surface area contributed by atoms with Gasteiger partial charge in [0, 0.05) is 0 Å². The van der Waals surface area contributed by atoms with Crippen LogP contribution in [0.2, 0.25) is 0 Å². The highest BCUT2D eigenvalue weighted by Crippen LogP contribution is 1.72. The van der Waals surface area contributed by atoms with Gasteiger partial charge in [-0.15, -0.1) is 0 Å². The zero-order valence-electron chi connectivity index (χ0n) is 5.09. The van der Waals surface area contributed by atoms with Crippen LogP contribution in [0.15, 0.2) is 0 Å². The van der Waals surface area contributed by atoms with Crippen LogP contribution in [-0.4, -0.2) is 27.8 Å². The van der Waals surface area contributed by atoms with Gasteiger partial charge in [-0.1, -0.05) is 0 Å². The molecule has 5 heteroatoms. The van der Waals surface area contributed by atoms with E-state index in [0.717, 1.165) is 6.26 Å². The smallest absolute Gasteiger partial charge is 0.228 e. The average Bonchev–Trinajstić information content (AvgIpc) is 1.63. The summed E-state index contributed by atoms with van der Waals surface area (Å²) in [6, 6.07) is 0. The fraction of sp³-hybridized carbons (Fsp3) is 0.750. The number of hydrogen-bond acceptors (Lipinski definition) is 2. The Morgan fingerprint density at radius 3 is 2.56 bits per heavy atom. The van der Waals surface area contributed by atoms with Gasteiger partial charge in [0.05, 0.1) is 12.8 Å². The van der Waals surface area contributed by atoms with Crippen LogP contribution in [0, 0.1) is 6.57 Å². The van der Waals surface area contributed by atoms with E-state index in [1.165, 1.54) is 0 Å². The normalized spacial score (nSPS) is 10.7. The Morgan fingerprint density at radius 2 is 2.22 bits per heavy atom. The molecule has 0 rings (SSSR count). The Labute approximate surface area is 54.7 Å². The second kappa shape index (κ2) is 3.43. The van der Waals surface area contributed by atoms with Gasteiger partial charge in [-0.2, -0.15) is 0 Å². The first-order chi connectivity index (χ1) is 4.06. The minimum Gasteiger partial charge on any atom is -0.315 e. The zero-order chi connectivity index (χ0) is 7.33. The van der Waals surface area contributed by atoms with Crippen molar-refractivity contribution in [3.8, 4) is 0 Å². The van der Waals surface area contributed by atoms with Crippen molar-refractivity contribution in [3.05, 3.63) is 11.4 Å². The number of hydrogen-bond donors (Lipinski definition) is 1. The maximum absolute atomic E-state index is 10.3. The maximum atomic E-state index is 10.3. The molecule has 0 radical (unpaired) electrons. The van der Waals surface area contributed by atoms with Crippen molar-refractivity contribution >= 4 is 10.0 Å². The molecule has 52 valence electrons. The summed E-state index contributed by atoms with van der Waals surface area (Å²) in [5, 5.41) is 0. The molecule has 0 aromatic heterocycles. The lowest BCUT2D eigenvalue weighted by atomic mass is 10.7. The van der Waals surface area contributed by atoms with Crippen molar-refractivity contribution in [1.82, 2.24) is 4.72 Å². The van der Waals surface area contributed by atoms with Gasteiger partial charge in [0.2, 0.25) is 16.6 Å². The standard InChI is InChI=1S/C4H8N2O2S/c1-5-3-4-6-9(2,7)8/h6H,3-4H2,2H3. The molecule has 0 atom stereocenters. The van der Waals surface area contributed by atoms with Crippen molar-refractivity contribution in [1.29, 1.82) is 0 Å². The summed E-state index contributed by atoms with van der Waals surface area (Å²) in [6.45, 7) is 6.71. The molecule has 0 amide bonds. The van der Waals surface area contributed by atoms with Gasteiger partial charge in [-0.05, 0) is 0 Å². The molecule has 0 aliphatic rings. The van der Waals surface area contributed by atoms with Crippen LogP contribution in [0.5, 0.6) is 0 Å². The highest BCUT2D eigenvalue weighted by Gasteiger charge is 1.98. The molecular weight excluding hydrogens is 140 g/mol. The summed E-state index contributed by atoms with van der Waals surface area (Å²) in [5.74, 6) is 0. The number of rotatable bonds is 3. The predicted molar refractivity (Wildman–Crippen MR) is 34.3 cm³/mol. The Kier molecular flexibility index (Phi) is 3.20. The Hall–Kier alpha value is -0.600. The van der Waals surface area contributed by atoms with Crippen LogP contribution >= 0.6 is 0 Å². The molecule has 9 heavy (non-hydrogen) atoms. The molecule has 0 aromatic rings. The van der Waals surface area contributed by atoms with Crippen molar-refractivity contribution in [2.24, 2.45) is 0 Å². The van der Waals surface area contributed by atoms with Gasteiger partial charge >= 0.3 is 0 Å². The predicted octanol–water partition coefficient (Wildman–Crippen LogP) is -0.545. The van der Waals surface area contributed by atoms with Gasteiger partial charge < -0.3 is 4.85 Å². The lowest BCUT2D eigenvalue weighted by Gasteiger charge is -1.92. The molecule has 1 N–H and O–H groups in total. The fourth-order valence-electron chi connectivity index (χ4n) is 0.287. The minimum atomic E-state index is -3.09. The van der Waals surface area contributed by atoms with Gasteiger partial charge in [-0.25, -0.2) is 19.7 Å². The van der Waals surface area contributed by atoms with E-state index in [4.69, 9.17) is 6.57 Å².